The third-order valence-electron chi connectivity index (χ3n) is 2.55. The molecule has 108 valence electrons. The molecule has 0 aliphatic heterocycles. The van der Waals surface area contributed by atoms with Gasteiger partial charge < -0.3 is 0 Å². The zero-order chi connectivity index (χ0) is 15.0. The number of hydrogen-bond donors (Lipinski definition) is 3. The van der Waals surface area contributed by atoms with Crippen LogP contribution in [-0.4, -0.2) is 27.0 Å². The quantitative estimate of drug-likeness (QED) is 0.738. The summed E-state index contributed by atoms with van der Waals surface area (Å²) in [5, 5.41) is 10.8. The van der Waals surface area contributed by atoms with Crippen LogP contribution in [0.3, 0.4) is 0 Å². The molecule has 1 aromatic carbocycles. The summed E-state index contributed by atoms with van der Waals surface area (Å²) in [7, 11) is -7.76. The SMILES string of the molecule is Cc1ccc(S(N)(=O)=O)cc1NS(=O)(=O)c1ccn[nH]1. The van der Waals surface area contributed by atoms with Gasteiger partial charge in [0.25, 0.3) is 10.0 Å². The Balaban J connectivity index is 2.44. The molecule has 0 saturated heterocycles. The van der Waals surface area contributed by atoms with Crippen LogP contribution in [-0.2, 0) is 20.0 Å². The average molecular weight is 316 g/mol. The van der Waals surface area contributed by atoms with Crippen LogP contribution in [0, 0.1) is 6.92 Å². The number of nitrogens with two attached hydrogens (primary N) is 1. The maximum atomic E-state index is 12.0. The Bertz CT molecular complexity index is 826. The largest absolute Gasteiger partial charge is 0.278 e. The molecule has 2 aromatic rings. The van der Waals surface area contributed by atoms with E-state index in [1.807, 2.05) is 0 Å². The van der Waals surface area contributed by atoms with Gasteiger partial charge in [-0.25, -0.2) is 13.6 Å². The maximum absolute atomic E-state index is 12.0. The maximum Gasteiger partial charge on any atom is 0.278 e. The average Bonchev–Trinajstić information content (AvgIpc) is 2.84. The Labute approximate surface area is 116 Å². The van der Waals surface area contributed by atoms with Crippen LogP contribution in [0.5, 0.6) is 0 Å². The Morgan fingerprint density at radius 1 is 1.20 bits per heavy atom. The normalized spacial score (nSPS) is 12.3. The molecular formula is C10H12N4O4S2. The van der Waals surface area contributed by atoms with Crippen molar-refractivity contribution in [3.8, 4) is 0 Å². The predicted octanol–water partition coefficient (Wildman–Crippen LogP) is 0.166. The van der Waals surface area contributed by atoms with Gasteiger partial charge in [0.05, 0.1) is 16.8 Å². The van der Waals surface area contributed by atoms with Gasteiger partial charge in [-0.1, -0.05) is 6.07 Å². The molecule has 0 spiro atoms. The highest BCUT2D eigenvalue weighted by molar-refractivity contribution is 7.92. The van der Waals surface area contributed by atoms with Crippen molar-refractivity contribution in [1.29, 1.82) is 0 Å². The molecule has 0 amide bonds. The van der Waals surface area contributed by atoms with Gasteiger partial charge in [0.15, 0.2) is 5.03 Å². The molecule has 0 saturated carbocycles. The Hall–Kier alpha value is -1.91. The molecule has 0 atom stereocenters. The van der Waals surface area contributed by atoms with Crippen molar-refractivity contribution in [2.24, 2.45) is 5.14 Å². The fourth-order valence-electron chi connectivity index (χ4n) is 1.48. The number of anilines is 1. The minimum Gasteiger partial charge on any atom is -0.278 e. The monoisotopic (exact) mass is 316 g/mol. The molecule has 0 fully saturated rings. The van der Waals surface area contributed by atoms with E-state index in [9.17, 15) is 16.8 Å². The minimum atomic E-state index is -3.91. The van der Waals surface area contributed by atoms with Gasteiger partial charge in [0, 0.05) is 0 Å². The van der Waals surface area contributed by atoms with E-state index in [0.29, 0.717) is 5.56 Å². The van der Waals surface area contributed by atoms with Crippen LogP contribution in [0.1, 0.15) is 5.56 Å². The van der Waals surface area contributed by atoms with Crippen LogP contribution in [0.4, 0.5) is 5.69 Å². The molecule has 0 unspecified atom stereocenters. The van der Waals surface area contributed by atoms with E-state index >= 15 is 0 Å². The molecule has 0 bridgehead atoms. The predicted molar refractivity (Wildman–Crippen MR) is 71.9 cm³/mol. The zero-order valence-corrected chi connectivity index (χ0v) is 12.0. The van der Waals surface area contributed by atoms with Gasteiger partial charge in [0.2, 0.25) is 10.0 Å². The van der Waals surface area contributed by atoms with Crippen molar-refractivity contribution < 1.29 is 16.8 Å². The summed E-state index contributed by atoms with van der Waals surface area (Å²) in [5.74, 6) is 0. The van der Waals surface area contributed by atoms with E-state index in [1.54, 1.807) is 6.92 Å². The topological polar surface area (TPSA) is 135 Å². The zero-order valence-electron chi connectivity index (χ0n) is 10.4. The number of nitrogens with zero attached hydrogens (tertiary/aromatic N) is 1. The van der Waals surface area contributed by atoms with Crippen LogP contribution < -0.4 is 9.86 Å². The molecule has 1 heterocycles. The Kier molecular flexibility index (Phi) is 3.54. The lowest BCUT2D eigenvalue weighted by atomic mass is 10.2. The van der Waals surface area contributed by atoms with E-state index in [0.717, 1.165) is 0 Å². The molecule has 4 N–H and O–H groups in total. The molecule has 8 nitrogen and oxygen atoms in total. The summed E-state index contributed by atoms with van der Waals surface area (Å²) in [5.41, 5.74) is 0.687. The standard InChI is InChI=1S/C10H12N4O4S2/c1-7-2-3-8(19(11,15)16)6-9(7)14-20(17,18)10-4-5-12-13-10/h2-6,14H,1H3,(H,12,13)(H2,11,15,16). The first-order valence-electron chi connectivity index (χ1n) is 5.36. The number of hydrogen-bond acceptors (Lipinski definition) is 5. The third kappa shape index (κ3) is 2.98. The highest BCUT2D eigenvalue weighted by Gasteiger charge is 2.18. The number of aromatic nitrogens is 2. The summed E-state index contributed by atoms with van der Waals surface area (Å²) in [6.07, 6.45) is 1.29. The smallest absolute Gasteiger partial charge is 0.278 e. The minimum absolute atomic E-state index is 0.127. The van der Waals surface area contributed by atoms with Crippen LogP contribution in [0.15, 0.2) is 40.4 Å². The lowest BCUT2D eigenvalue weighted by Gasteiger charge is -2.10. The number of H-pyrrole nitrogens is 1. The van der Waals surface area contributed by atoms with Crippen LogP contribution >= 0.6 is 0 Å². The van der Waals surface area contributed by atoms with E-state index in [4.69, 9.17) is 5.14 Å². The van der Waals surface area contributed by atoms with Crippen molar-refractivity contribution in [2.75, 3.05) is 4.72 Å². The van der Waals surface area contributed by atoms with E-state index in [1.165, 1.54) is 30.5 Å². The molecular weight excluding hydrogens is 304 g/mol. The second kappa shape index (κ2) is 4.89. The van der Waals surface area contributed by atoms with Gasteiger partial charge in [0.1, 0.15) is 0 Å². The Morgan fingerprint density at radius 2 is 1.90 bits per heavy atom. The second-order valence-corrected chi connectivity index (χ2v) is 7.26. The van der Waals surface area contributed by atoms with Gasteiger partial charge in [-0.05, 0) is 30.7 Å². The number of rotatable bonds is 4. The van der Waals surface area contributed by atoms with Crippen LogP contribution in [0.25, 0.3) is 0 Å². The first kappa shape index (κ1) is 14.5. The number of primary sulfonamides is 1. The van der Waals surface area contributed by atoms with E-state index in [2.05, 4.69) is 14.9 Å². The lowest BCUT2D eigenvalue weighted by Crippen LogP contribution is -2.16. The molecule has 20 heavy (non-hydrogen) atoms. The number of aromatic amines is 1. The van der Waals surface area contributed by atoms with Crippen molar-refractivity contribution in [1.82, 2.24) is 10.2 Å². The molecule has 0 aliphatic rings. The van der Waals surface area contributed by atoms with Crippen molar-refractivity contribution in [3.63, 3.8) is 0 Å². The first-order chi connectivity index (χ1) is 9.20. The fraction of sp³-hybridized carbons (Fsp3) is 0.100. The molecule has 0 aliphatic carbocycles. The van der Waals surface area contributed by atoms with Crippen molar-refractivity contribution in [2.45, 2.75) is 16.8 Å². The van der Waals surface area contributed by atoms with Gasteiger partial charge in [-0.15, -0.1) is 0 Å². The molecule has 2 rings (SSSR count). The number of sulfonamides is 2. The first-order valence-corrected chi connectivity index (χ1v) is 8.39. The summed E-state index contributed by atoms with van der Waals surface area (Å²) >= 11 is 0. The number of aryl methyl sites for hydroxylation is 1. The van der Waals surface area contributed by atoms with Gasteiger partial charge in [-0.2, -0.15) is 13.5 Å². The number of nitrogens with one attached hydrogen (secondary N) is 2. The molecule has 0 radical (unpaired) electrons. The summed E-state index contributed by atoms with van der Waals surface area (Å²) in [4.78, 5) is -0.176. The summed E-state index contributed by atoms with van der Waals surface area (Å²) < 4.78 is 48.9. The summed E-state index contributed by atoms with van der Waals surface area (Å²) in [6, 6.07) is 5.21. The van der Waals surface area contributed by atoms with Gasteiger partial charge >= 0.3 is 0 Å². The van der Waals surface area contributed by atoms with E-state index in [-0.39, 0.29) is 15.6 Å². The second-order valence-electron chi connectivity index (χ2n) is 4.05. The Morgan fingerprint density at radius 3 is 2.45 bits per heavy atom. The van der Waals surface area contributed by atoms with Crippen molar-refractivity contribution >= 4 is 25.7 Å². The van der Waals surface area contributed by atoms with Gasteiger partial charge in [-0.3, -0.25) is 9.82 Å². The third-order valence-corrected chi connectivity index (χ3v) is 4.75. The molecule has 10 heteroatoms. The number of benzene rings is 1. The van der Waals surface area contributed by atoms with Crippen LogP contribution in [0.2, 0.25) is 0 Å². The highest BCUT2D eigenvalue weighted by atomic mass is 32.2. The van der Waals surface area contributed by atoms with E-state index < -0.39 is 20.0 Å². The summed E-state index contributed by atoms with van der Waals surface area (Å²) in [6.45, 7) is 1.64. The molecule has 1 aromatic heterocycles. The lowest BCUT2D eigenvalue weighted by molar-refractivity contribution is 0.595. The van der Waals surface area contributed by atoms with Crippen molar-refractivity contribution in [3.05, 3.63) is 36.0 Å². The fourth-order valence-corrected chi connectivity index (χ4v) is 3.05. The highest BCUT2D eigenvalue weighted by Crippen LogP contribution is 2.22.